The zero-order valence-corrected chi connectivity index (χ0v) is 11.9. The van der Waals surface area contributed by atoms with Crippen molar-refractivity contribution in [3.8, 4) is 0 Å². The summed E-state index contributed by atoms with van der Waals surface area (Å²) in [6.45, 7) is 7.46. The molecule has 0 atom stereocenters. The Kier molecular flexibility index (Phi) is 6.36. The van der Waals surface area contributed by atoms with E-state index in [-0.39, 0.29) is 6.10 Å². The van der Waals surface area contributed by atoms with Gasteiger partial charge in [0.1, 0.15) is 0 Å². The van der Waals surface area contributed by atoms with Crippen molar-refractivity contribution >= 4 is 11.7 Å². The lowest BCUT2D eigenvalue weighted by atomic mass is 10.1. The first-order valence-corrected chi connectivity index (χ1v) is 6.70. The lowest BCUT2D eigenvalue weighted by Crippen LogP contribution is -2.10. The molecule has 19 heavy (non-hydrogen) atoms. The zero-order valence-electron chi connectivity index (χ0n) is 11.9. The smallest absolute Gasteiger partial charge is 0.337 e. The molecule has 1 aromatic carbocycles. The third-order valence-corrected chi connectivity index (χ3v) is 2.83. The fraction of sp³-hybridized carbons (Fsp3) is 0.533. The molecule has 2 N–H and O–H groups in total. The maximum Gasteiger partial charge on any atom is 0.337 e. The largest absolute Gasteiger partial charge is 0.478 e. The Hall–Kier alpha value is -1.55. The van der Waals surface area contributed by atoms with Gasteiger partial charge in [-0.3, -0.25) is 0 Å². The summed E-state index contributed by atoms with van der Waals surface area (Å²) in [6, 6.07) is 5.30. The third-order valence-electron chi connectivity index (χ3n) is 2.83. The van der Waals surface area contributed by atoms with Crippen LogP contribution in [0.2, 0.25) is 0 Å². The van der Waals surface area contributed by atoms with E-state index in [9.17, 15) is 4.79 Å². The predicted molar refractivity (Wildman–Crippen MR) is 77.0 cm³/mol. The molecule has 0 radical (unpaired) electrons. The maximum atomic E-state index is 11.1. The summed E-state index contributed by atoms with van der Waals surface area (Å²) in [7, 11) is 0. The number of nitrogens with one attached hydrogen (secondary N) is 1. The van der Waals surface area contributed by atoms with Gasteiger partial charge in [-0.05, 0) is 45.2 Å². The number of anilines is 1. The van der Waals surface area contributed by atoms with E-state index in [1.807, 2.05) is 26.8 Å². The minimum absolute atomic E-state index is 0.267. The van der Waals surface area contributed by atoms with Crippen LogP contribution in [0.25, 0.3) is 0 Å². The van der Waals surface area contributed by atoms with Crippen LogP contribution in [-0.2, 0) is 4.74 Å². The molecular formula is C15H23NO3. The standard InChI is InChI=1S/C15H23NO3/c1-11(2)19-10-5-4-9-16-14-12(3)7-6-8-13(14)15(17)18/h6-8,11,16H,4-5,9-10H2,1-3H3,(H,17,18). The highest BCUT2D eigenvalue weighted by Crippen LogP contribution is 2.20. The van der Waals surface area contributed by atoms with E-state index in [2.05, 4.69) is 5.32 Å². The molecule has 0 saturated heterocycles. The Bertz CT molecular complexity index is 416. The fourth-order valence-electron chi connectivity index (χ4n) is 1.84. The van der Waals surface area contributed by atoms with Crippen LogP contribution in [0.3, 0.4) is 0 Å². The molecule has 0 amide bonds. The van der Waals surface area contributed by atoms with E-state index in [1.165, 1.54) is 0 Å². The number of rotatable bonds is 8. The van der Waals surface area contributed by atoms with Crippen LogP contribution in [0.1, 0.15) is 42.6 Å². The predicted octanol–water partition coefficient (Wildman–Crippen LogP) is 3.31. The molecule has 0 heterocycles. The number of carbonyl (C=O) groups is 1. The lowest BCUT2D eigenvalue weighted by molar-refractivity contribution is 0.0697. The second kappa shape index (κ2) is 7.79. The molecule has 1 rings (SSSR count). The van der Waals surface area contributed by atoms with Crippen molar-refractivity contribution in [3.05, 3.63) is 29.3 Å². The van der Waals surface area contributed by atoms with Crippen molar-refractivity contribution in [3.63, 3.8) is 0 Å². The summed E-state index contributed by atoms with van der Waals surface area (Å²) in [6.07, 6.45) is 2.20. The van der Waals surface area contributed by atoms with Crippen LogP contribution in [0.4, 0.5) is 5.69 Å². The molecular weight excluding hydrogens is 242 g/mol. The topological polar surface area (TPSA) is 58.6 Å². The molecule has 0 fully saturated rings. The van der Waals surface area contributed by atoms with E-state index in [1.54, 1.807) is 12.1 Å². The molecule has 1 aromatic rings. The number of benzene rings is 1. The average molecular weight is 265 g/mol. The van der Waals surface area contributed by atoms with Crippen LogP contribution in [0.5, 0.6) is 0 Å². The van der Waals surface area contributed by atoms with E-state index in [0.717, 1.165) is 37.2 Å². The van der Waals surface area contributed by atoms with E-state index < -0.39 is 5.97 Å². The van der Waals surface area contributed by atoms with Gasteiger partial charge in [-0.15, -0.1) is 0 Å². The summed E-state index contributed by atoms with van der Waals surface area (Å²) in [5.41, 5.74) is 2.01. The highest BCUT2D eigenvalue weighted by atomic mass is 16.5. The van der Waals surface area contributed by atoms with Gasteiger partial charge >= 0.3 is 5.97 Å². The summed E-state index contributed by atoms with van der Waals surface area (Å²) in [4.78, 5) is 11.1. The normalized spacial score (nSPS) is 10.7. The van der Waals surface area contributed by atoms with Gasteiger partial charge in [0.15, 0.2) is 0 Å². The molecule has 106 valence electrons. The molecule has 0 aromatic heterocycles. The SMILES string of the molecule is Cc1cccc(C(=O)O)c1NCCCCOC(C)C. The summed E-state index contributed by atoms with van der Waals surface area (Å²) < 4.78 is 5.46. The van der Waals surface area contributed by atoms with Crippen molar-refractivity contribution in [1.82, 2.24) is 0 Å². The van der Waals surface area contributed by atoms with Crippen molar-refractivity contribution in [2.75, 3.05) is 18.5 Å². The fourth-order valence-corrected chi connectivity index (χ4v) is 1.84. The van der Waals surface area contributed by atoms with Gasteiger partial charge in [0.25, 0.3) is 0 Å². The second-order valence-electron chi connectivity index (χ2n) is 4.86. The first-order chi connectivity index (χ1) is 9.02. The molecule has 0 aliphatic heterocycles. The molecule has 0 bridgehead atoms. The first-order valence-electron chi connectivity index (χ1n) is 6.70. The number of aromatic carboxylic acids is 1. The van der Waals surface area contributed by atoms with Crippen LogP contribution in [0, 0.1) is 6.92 Å². The minimum atomic E-state index is -0.894. The first kappa shape index (κ1) is 15.5. The molecule has 4 heteroatoms. The van der Waals surface area contributed by atoms with E-state index in [4.69, 9.17) is 9.84 Å². The van der Waals surface area contributed by atoms with Crippen molar-refractivity contribution in [2.24, 2.45) is 0 Å². The van der Waals surface area contributed by atoms with Crippen molar-refractivity contribution in [2.45, 2.75) is 39.7 Å². The Morgan fingerprint density at radius 3 is 2.74 bits per heavy atom. The monoisotopic (exact) mass is 265 g/mol. The van der Waals surface area contributed by atoms with Crippen molar-refractivity contribution in [1.29, 1.82) is 0 Å². The van der Waals surface area contributed by atoms with Crippen LogP contribution in [-0.4, -0.2) is 30.3 Å². The number of aryl methyl sites for hydroxylation is 1. The quantitative estimate of drug-likeness (QED) is 0.708. The van der Waals surface area contributed by atoms with Gasteiger partial charge in [0, 0.05) is 13.2 Å². The second-order valence-corrected chi connectivity index (χ2v) is 4.86. The summed E-state index contributed by atoms with van der Waals surface area (Å²) in [5, 5.41) is 12.3. The highest BCUT2D eigenvalue weighted by molar-refractivity contribution is 5.95. The van der Waals surface area contributed by atoms with Gasteiger partial charge in [-0.2, -0.15) is 0 Å². The van der Waals surface area contributed by atoms with E-state index in [0.29, 0.717) is 5.56 Å². The Morgan fingerprint density at radius 1 is 1.37 bits per heavy atom. The number of carboxylic acid groups (broad SMARTS) is 1. The van der Waals surface area contributed by atoms with Gasteiger partial charge in [-0.1, -0.05) is 12.1 Å². The lowest BCUT2D eigenvalue weighted by Gasteiger charge is -2.13. The van der Waals surface area contributed by atoms with Gasteiger partial charge < -0.3 is 15.2 Å². The Morgan fingerprint density at radius 2 is 2.11 bits per heavy atom. The molecule has 0 saturated carbocycles. The number of hydrogen-bond acceptors (Lipinski definition) is 3. The van der Waals surface area contributed by atoms with Crippen molar-refractivity contribution < 1.29 is 14.6 Å². The number of unbranched alkanes of at least 4 members (excludes halogenated alkanes) is 1. The molecule has 4 nitrogen and oxygen atoms in total. The van der Waals surface area contributed by atoms with Crippen LogP contribution >= 0.6 is 0 Å². The average Bonchev–Trinajstić information content (AvgIpc) is 2.34. The molecule has 0 aliphatic rings. The molecule has 0 aliphatic carbocycles. The summed E-state index contributed by atoms with van der Waals surface area (Å²) >= 11 is 0. The Labute approximate surface area is 114 Å². The minimum Gasteiger partial charge on any atom is -0.478 e. The molecule has 0 unspecified atom stereocenters. The number of carboxylic acids is 1. The van der Waals surface area contributed by atoms with Gasteiger partial charge in [0.05, 0.1) is 17.4 Å². The molecule has 0 spiro atoms. The number of para-hydroxylation sites is 1. The van der Waals surface area contributed by atoms with E-state index >= 15 is 0 Å². The number of hydrogen-bond donors (Lipinski definition) is 2. The summed E-state index contributed by atoms with van der Waals surface area (Å²) in [5.74, 6) is -0.894. The highest BCUT2D eigenvalue weighted by Gasteiger charge is 2.10. The van der Waals surface area contributed by atoms with Gasteiger partial charge in [-0.25, -0.2) is 4.79 Å². The van der Waals surface area contributed by atoms with Crippen LogP contribution in [0.15, 0.2) is 18.2 Å². The van der Waals surface area contributed by atoms with Crippen LogP contribution < -0.4 is 5.32 Å². The zero-order chi connectivity index (χ0) is 14.3. The third kappa shape index (κ3) is 5.30. The Balaban J connectivity index is 2.43. The van der Waals surface area contributed by atoms with Gasteiger partial charge in [0.2, 0.25) is 0 Å². The maximum absolute atomic E-state index is 11.1. The number of ether oxygens (including phenoxy) is 1.